The molecule has 1 aromatic rings. The van der Waals surface area contributed by atoms with Crippen LogP contribution in [0.25, 0.3) is 0 Å². The number of imidazole rings is 1. The lowest BCUT2D eigenvalue weighted by Gasteiger charge is -2.22. The van der Waals surface area contributed by atoms with Crippen molar-refractivity contribution in [2.45, 2.75) is 37.8 Å². The van der Waals surface area contributed by atoms with Crippen LogP contribution in [0.3, 0.4) is 0 Å². The first kappa shape index (κ1) is 18.6. The van der Waals surface area contributed by atoms with Crippen molar-refractivity contribution in [1.82, 2.24) is 14.6 Å². The highest BCUT2D eigenvalue weighted by molar-refractivity contribution is 8.14. The van der Waals surface area contributed by atoms with E-state index in [2.05, 4.69) is 11.6 Å². The molecule has 7 nitrogen and oxygen atoms in total. The van der Waals surface area contributed by atoms with Gasteiger partial charge in [0.05, 0.1) is 36.5 Å². The number of hydrogen-bond acceptors (Lipinski definition) is 7. The number of carbonyl (C=O) groups is 1. The molecular formula is C16H21N3O4S. The second kappa shape index (κ2) is 8.96. The number of aliphatic hydroxyl groups is 1. The van der Waals surface area contributed by atoms with Crippen molar-refractivity contribution in [3.8, 4) is 0 Å². The minimum Gasteiger partial charge on any atom is -0.390 e. The lowest BCUT2D eigenvalue weighted by molar-refractivity contribution is -0.155. The molecule has 0 radical (unpaired) electrons. The van der Waals surface area contributed by atoms with Gasteiger partial charge in [0.2, 0.25) is 0 Å². The Morgan fingerprint density at radius 2 is 2.46 bits per heavy atom. The maximum absolute atomic E-state index is 11.4. The van der Waals surface area contributed by atoms with Crippen LogP contribution in [0.5, 0.6) is 0 Å². The molecule has 0 bridgehead atoms. The molecular weight excluding hydrogens is 330 g/mol. The summed E-state index contributed by atoms with van der Waals surface area (Å²) in [5.74, 6) is 2.01. The smallest absolute Gasteiger partial charge is 0.186 e. The summed E-state index contributed by atoms with van der Waals surface area (Å²) in [7, 11) is 0. The summed E-state index contributed by atoms with van der Waals surface area (Å²) in [4.78, 5) is 32.6. The molecule has 1 saturated heterocycles. The third-order valence-corrected chi connectivity index (χ3v) is 4.71. The number of hydroxylamine groups is 2. The van der Waals surface area contributed by atoms with Crippen LogP contribution in [0, 0.1) is 0 Å². The van der Waals surface area contributed by atoms with E-state index in [-0.39, 0.29) is 23.0 Å². The number of hydrogen-bond donors (Lipinski definition) is 1. The van der Waals surface area contributed by atoms with Gasteiger partial charge in [0.1, 0.15) is 5.94 Å². The molecule has 2 heterocycles. The average molecular weight is 351 g/mol. The lowest BCUT2D eigenvalue weighted by atomic mass is 10.1. The number of aryl methyl sites for hydroxylation is 1. The van der Waals surface area contributed by atoms with E-state index in [0.717, 1.165) is 11.8 Å². The Hall–Kier alpha value is -1.70. The Kier molecular flexibility index (Phi) is 6.96. The Bertz CT molecular complexity index is 639. The van der Waals surface area contributed by atoms with Crippen LogP contribution < -0.4 is 0 Å². The molecule has 1 aromatic heterocycles. The molecule has 0 aromatic carbocycles. The second-order valence-electron chi connectivity index (χ2n) is 5.40. The number of rotatable bonds is 8. The summed E-state index contributed by atoms with van der Waals surface area (Å²) >= 11 is 1.13. The quantitative estimate of drug-likeness (QED) is 0.552. The third kappa shape index (κ3) is 4.66. The molecule has 24 heavy (non-hydrogen) atoms. The highest BCUT2D eigenvalue weighted by atomic mass is 32.2. The molecule has 0 amide bonds. The van der Waals surface area contributed by atoms with Crippen LogP contribution in [0.4, 0.5) is 0 Å². The summed E-state index contributed by atoms with van der Waals surface area (Å²) in [6.45, 7) is 6.40. The topological polar surface area (TPSA) is 84.7 Å². The first-order chi connectivity index (χ1) is 11.6. The molecule has 0 unspecified atom stereocenters. The molecule has 2 rings (SSSR count). The lowest BCUT2D eigenvalue weighted by Crippen LogP contribution is -2.31. The zero-order valence-electron chi connectivity index (χ0n) is 13.6. The predicted octanol–water partition coefficient (Wildman–Crippen LogP) is 0.974. The van der Waals surface area contributed by atoms with Crippen LogP contribution >= 0.6 is 11.8 Å². The number of nitrogens with zero attached hydrogens (tertiary/aromatic N) is 3. The Morgan fingerprint density at radius 3 is 3.04 bits per heavy atom. The van der Waals surface area contributed by atoms with Crippen LogP contribution in [-0.4, -0.2) is 55.2 Å². The van der Waals surface area contributed by atoms with Gasteiger partial charge in [-0.25, -0.2) is 9.78 Å². The van der Waals surface area contributed by atoms with E-state index in [9.17, 15) is 9.59 Å². The normalized spacial score (nSPS) is 21.0. The van der Waals surface area contributed by atoms with E-state index in [1.807, 2.05) is 10.5 Å². The van der Waals surface area contributed by atoms with Gasteiger partial charge in [0.25, 0.3) is 0 Å². The predicted molar refractivity (Wildman–Crippen MR) is 90.7 cm³/mol. The molecule has 130 valence electrons. The van der Waals surface area contributed by atoms with Crippen molar-refractivity contribution < 1.29 is 19.5 Å². The van der Waals surface area contributed by atoms with Gasteiger partial charge in [-0.05, 0) is 6.42 Å². The Balaban J connectivity index is 2.09. The van der Waals surface area contributed by atoms with E-state index in [0.29, 0.717) is 37.4 Å². The van der Waals surface area contributed by atoms with E-state index < -0.39 is 0 Å². The van der Waals surface area contributed by atoms with Gasteiger partial charge in [0, 0.05) is 31.8 Å². The number of thioether (sulfide) groups is 1. The van der Waals surface area contributed by atoms with Gasteiger partial charge in [-0.2, -0.15) is 5.06 Å². The van der Waals surface area contributed by atoms with E-state index in [4.69, 9.17) is 9.94 Å². The number of carbonyl (C=O) groups excluding carboxylic acids is 2. The SMILES string of the molecule is C=CCON1C[C@@H](SC(C)=O)C(=C=O)[C@H]1CCn1cnc(CO)c1. The summed E-state index contributed by atoms with van der Waals surface area (Å²) in [6.07, 6.45) is 5.64. The minimum absolute atomic E-state index is 0.0423. The van der Waals surface area contributed by atoms with Crippen LogP contribution in [0.2, 0.25) is 0 Å². The van der Waals surface area contributed by atoms with Crippen LogP contribution in [-0.2, 0) is 27.6 Å². The summed E-state index contributed by atoms with van der Waals surface area (Å²) in [6, 6.07) is -0.251. The molecule has 8 heteroatoms. The summed E-state index contributed by atoms with van der Waals surface area (Å²) in [5.41, 5.74) is 1.14. The van der Waals surface area contributed by atoms with Gasteiger partial charge >= 0.3 is 0 Å². The van der Waals surface area contributed by atoms with Gasteiger partial charge in [-0.15, -0.1) is 6.58 Å². The van der Waals surface area contributed by atoms with Crippen molar-refractivity contribution in [3.63, 3.8) is 0 Å². The molecule has 1 fully saturated rings. The van der Waals surface area contributed by atoms with Crippen molar-refractivity contribution in [3.05, 3.63) is 36.4 Å². The second-order valence-corrected chi connectivity index (χ2v) is 6.78. The molecule has 1 N–H and O–H groups in total. The largest absolute Gasteiger partial charge is 0.390 e. The maximum Gasteiger partial charge on any atom is 0.186 e. The van der Waals surface area contributed by atoms with Crippen molar-refractivity contribution in [1.29, 1.82) is 0 Å². The van der Waals surface area contributed by atoms with Crippen LogP contribution in [0.1, 0.15) is 19.0 Å². The molecule has 2 atom stereocenters. The Morgan fingerprint density at radius 1 is 1.67 bits per heavy atom. The molecule has 0 saturated carbocycles. The van der Waals surface area contributed by atoms with Crippen molar-refractivity contribution in [2.75, 3.05) is 13.2 Å². The first-order valence-corrected chi connectivity index (χ1v) is 8.51. The number of aromatic nitrogens is 2. The van der Waals surface area contributed by atoms with E-state index >= 15 is 0 Å². The average Bonchev–Trinajstić information content (AvgIpc) is 3.14. The van der Waals surface area contributed by atoms with Gasteiger partial charge in [-0.3, -0.25) is 9.63 Å². The zero-order chi connectivity index (χ0) is 17.5. The van der Waals surface area contributed by atoms with Gasteiger partial charge in [0.15, 0.2) is 5.12 Å². The van der Waals surface area contributed by atoms with Crippen LogP contribution in [0.15, 0.2) is 30.8 Å². The van der Waals surface area contributed by atoms with Crippen molar-refractivity contribution in [2.24, 2.45) is 0 Å². The van der Waals surface area contributed by atoms with E-state index in [1.165, 1.54) is 6.92 Å². The minimum atomic E-state index is -0.251. The van der Waals surface area contributed by atoms with Gasteiger partial charge in [-0.1, -0.05) is 17.8 Å². The Labute approximate surface area is 144 Å². The molecule has 0 aliphatic carbocycles. The summed E-state index contributed by atoms with van der Waals surface area (Å²) in [5, 5.41) is 10.5. The molecule has 1 aliphatic heterocycles. The standard InChI is InChI=1S/C16H21N3O4S/c1-3-6-23-19-8-16(24-12(2)22)14(10-21)15(19)4-5-18-7-13(9-20)17-11-18/h3,7,11,15-16,20H,1,4-6,8-9H2,2H3/t15-,16-/m1/s1. The fourth-order valence-corrected chi connectivity index (χ4v) is 3.62. The monoisotopic (exact) mass is 351 g/mol. The highest BCUT2D eigenvalue weighted by Crippen LogP contribution is 2.33. The first-order valence-electron chi connectivity index (χ1n) is 7.63. The third-order valence-electron chi connectivity index (χ3n) is 3.69. The zero-order valence-corrected chi connectivity index (χ0v) is 14.4. The van der Waals surface area contributed by atoms with E-state index in [1.54, 1.807) is 23.7 Å². The molecule has 1 aliphatic rings. The van der Waals surface area contributed by atoms with Crippen molar-refractivity contribution >= 4 is 22.8 Å². The maximum atomic E-state index is 11.4. The van der Waals surface area contributed by atoms with Gasteiger partial charge < -0.3 is 9.67 Å². The summed E-state index contributed by atoms with van der Waals surface area (Å²) < 4.78 is 1.85. The fourth-order valence-electron chi connectivity index (χ4n) is 2.67. The fraction of sp³-hybridized carbons (Fsp3) is 0.500. The molecule has 0 spiro atoms. The number of aliphatic hydroxyl groups excluding tert-OH is 1. The highest BCUT2D eigenvalue weighted by Gasteiger charge is 2.39.